The number of esters is 1. The Morgan fingerprint density at radius 2 is 1.52 bits per heavy atom. The van der Waals surface area contributed by atoms with Crippen LogP contribution in [-0.4, -0.2) is 44.8 Å². The average Bonchev–Trinajstić information content (AvgIpc) is 2.44. The second kappa shape index (κ2) is 13.8. The van der Waals surface area contributed by atoms with E-state index in [2.05, 4.69) is 0 Å². The number of rotatable bonds is 12. The number of carbonyl (C=O) groups excluding carboxylic acids is 1. The van der Waals surface area contributed by atoms with Gasteiger partial charge in [-0.2, -0.15) is 0 Å². The minimum absolute atomic E-state index is 0.120. The first-order chi connectivity index (χ1) is 10.2. The van der Waals surface area contributed by atoms with Crippen LogP contribution in [0.5, 0.6) is 0 Å². The van der Waals surface area contributed by atoms with Crippen molar-refractivity contribution >= 4 is 5.97 Å². The van der Waals surface area contributed by atoms with E-state index < -0.39 is 0 Å². The summed E-state index contributed by atoms with van der Waals surface area (Å²) >= 11 is 0. The Morgan fingerprint density at radius 1 is 0.905 bits per heavy atom. The molecule has 122 valence electrons. The SMILES string of the molecule is CCOC(=O)C=CC=CC(CC(OCC)OCC)OCC. The molecule has 0 rings (SSSR count). The van der Waals surface area contributed by atoms with Crippen LogP contribution in [0.2, 0.25) is 0 Å². The van der Waals surface area contributed by atoms with Gasteiger partial charge in [0.2, 0.25) is 0 Å². The highest BCUT2D eigenvalue weighted by molar-refractivity contribution is 5.82. The molecule has 0 aliphatic carbocycles. The van der Waals surface area contributed by atoms with Crippen LogP contribution in [0.3, 0.4) is 0 Å². The van der Waals surface area contributed by atoms with Gasteiger partial charge in [-0.25, -0.2) is 4.79 Å². The topological polar surface area (TPSA) is 54.0 Å². The predicted molar refractivity (Wildman–Crippen MR) is 82.0 cm³/mol. The molecule has 0 aromatic heterocycles. The third-order valence-electron chi connectivity index (χ3n) is 2.47. The van der Waals surface area contributed by atoms with E-state index in [0.29, 0.717) is 32.8 Å². The molecule has 0 bridgehead atoms. The van der Waals surface area contributed by atoms with Gasteiger partial charge in [0, 0.05) is 32.3 Å². The molecule has 0 saturated carbocycles. The molecule has 21 heavy (non-hydrogen) atoms. The van der Waals surface area contributed by atoms with Crippen molar-refractivity contribution < 1.29 is 23.7 Å². The number of carbonyl (C=O) groups is 1. The summed E-state index contributed by atoms with van der Waals surface area (Å²) in [6.45, 7) is 9.73. The van der Waals surface area contributed by atoms with Gasteiger partial charge in [-0.05, 0) is 27.7 Å². The monoisotopic (exact) mass is 300 g/mol. The number of hydrogen-bond acceptors (Lipinski definition) is 5. The van der Waals surface area contributed by atoms with E-state index in [0.717, 1.165) is 0 Å². The highest BCUT2D eigenvalue weighted by Gasteiger charge is 2.14. The molecule has 0 radical (unpaired) electrons. The number of allylic oxidation sites excluding steroid dienone is 2. The molecule has 5 nitrogen and oxygen atoms in total. The molecule has 0 aromatic rings. The van der Waals surface area contributed by atoms with Crippen molar-refractivity contribution in [1.82, 2.24) is 0 Å². The van der Waals surface area contributed by atoms with Crippen LogP contribution in [0.4, 0.5) is 0 Å². The maximum Gasteiger partial charge on any atom is 0.330 e. The van der Waals surface area contributed by atoms with Crippen LogP contribution in [0.15, 0.2) is 24.3 Å². The van der Waals surface area contributed by atoms with Crippen molar-refractivity contribution in [2.45, 2.75) is 46.5 Å². The van der Waals surface area contributed by atoms with E-state index in [1.165, 1.54) is 6.08 Å². The van der Waals surface area contributed by atoms with E-state index in [1.54, 1.807) is 19.1 Å². The fraction of sp³-hybridized carbons (Fsp3) is 0.688. The van der Waals surface area contributed by atoms with Crippen molar-refractivity contribution in [3.63, 3.8) is 0 Å². The molecule has 0 aliphatic rings. The third-order valence-corrected chi connectivity index (χ3v) is 2.47. The van der Waals surface area contributed by atoms with Gasteiger partial charge in [0.05, 0.1) is 12.7 Å². The number of ether oxygens (including phenoxy) is 4. The predicted octanol–water partition coefficient (Wildman–Crippen LogP) is 2.86. The van der Waals surface area contributed by atoms with E-state index >= 15 is 0 Å². The molecule has 1 atom stereocenters. The van der Waals surface area contributed by atoms with Crippen LogP contribution in [-0.2, 0) is 23.7 Å². The average molecular weight is 300 g/mol. The zero-order valence-electron chi connectivity index (χ0n) is 13.5. The summed E-state index contributed by atoms with van der Waals surface area (Å²) in [5.41, 5.74) is 0. The van der Waals surface area contributed by atoms with Gasteiger partial charge in [-0.1, -0.05) is 18.2 Å². The largest absolute Gasteiger partial charge is 0.463 e. The van der Waals surface area contributed by atoms with Gasteiger partial charge in [-0.15, -0.1) is 0 Å². The summed E-state index contributed by atoms with van der Waals surface area (Å²) in [6.07, 6.45) is 6.88. The first-order valence-electron chi connectivity index (χ1n) is 7.54. The van der Waals surface area contributed by atoms with Gasteiger partial charge in [0.15, 0.2) is 6.29 Å². The molecule has 0 aliphatic heterocycles. The summed E-state index contributed by atoms with van der Waals surface area (Å²) in [4.78, 5) is 11.1. The van der Waals surface area contributed by atoms with Gasteiger partial charge in [-0.3, -0.25) is 0 Å². The Balaban J connectivity index is 4.41. The van der Waals surface area contributed by atoms with Crippen molar-refractivity contribution in [1.29, 1.82) is 0 Å². The molecule has 0 saturated heterocycles. The van der Waals surface area contributed by atoms with Gasteiger partial charge < -0.3 is 18.9 Å². The summed E-state index contributed by atoms with van der Waals surface area (Å²) in [5.74, 6) is -0.350. The lowest BCUT2D eigenvalue weighted by Crippen LogP contribution is -2.24. The van der Waals surface area contributed by atoms with Crippen LogP contribution in [0, 0.1) is 0 Å². The Hall–Kier alpha value is -1.17. The minimum atomic E-state index is -0.350. The fourth-order valence-electron chi connectivity index (χ4n) is 1.67. The number of hydrogen-bond donors (Lipinski definition) is 0. The highest BCUT2D eigenvalue weighted by atomic mass is 16.7. The Labute approximate surface area is 127 Å². The van der Waals surface area contributed by atoms with Crippen LogP contribution >= 0.6 is 0 Å². The molecule has 0 amide bonds. The van der Waals surface area contributed by atoms with E-state index in [-0.39, 0.29) is 18.4 Å². The van der Waals surface area contributed by atoms with E-state index in [4.69, 9.17) is 18.9 Å². The minimum Gasteiger partial charge on any atom is -0.463 e. The fourth-order valence-corrected chi connectivity index (χ4v) is 1.67. The molecule has 5 heteroatoms. The summed E-state index contributed by atoms with van der Waals surface area (Å²) in [7, 11) is 0. The summed E-state index contributed by atoms with van der Waals surface area (Å²) in [5, 5.41) is 0. The zero-order chi connectivity index (χ0) is 15.9. The lowest BCUT2D eigenvalue weighted by molar-refractivity contribution is -0.152. The maximum atomic E-state index is 11.1. The maximum absolute atomic E-state index is 11.1. The second-order valence-electron chi connectivity index (χ2n) is 4.07. The Bertz CT molecular complexity index is 306. The molecule has 0 aromatic carbocycles. The van der Waals surface area contributed by atoms with Gasteiger partial charge in [0.25, 0.3) is 0 Å². The normalized spacial score (nSPS) is 13.4. The molecule has 0 spiro atoms. The Kier molecular flexibility index (Phi) is 13.0. The molecular formula is C16H28O5. The zero-order valence-corrected chi connectivity index (χ0v) is 13.5. The quantitative estimate of drug-likeness (QED) is 0.240. The van der Waals surface area contributed by atoms with Gasteiger partial charge in [0.1, 0.15) is 0 Å². The Morgan fingerprint density at radius 3 is 2.05 bits per heavy atom. The van der Waals surface area contributed by atoms with Crippen molar-refractivity contribution in [2.24, 2.45) is 0 Å². The summed E-state index contributed by atoms with van der Waals surface area (Å²) in [6, 6.07) is 0. The lowest BCUT2D eigenvalue weighted by atomic mass is 10.2. The first kappa shape index (κ1) is 19.8. The van der Waals surface area contributed by atoms with Gasteiger partial charge >= 0.3 is 5.97 Å². The van der Waals surface area contributed by atoms with E-state index in [9.17, 15) is 4.79 Å². The molecule has 1 unspecified atom stereocenters. The smallest absolute Gasteiger partial charge is 0.330 e. The molecular weight excluding hydrogens is 272 g/mol. The lowest BCUT2D eigenvalue weighted by Gasteiger charge is -2.21. The first-order valence-corrected chi connectivity index (χ1v) is 7.54. The van der Waals surface area contributed by atoms with Crippen molar-refractivity contribution in [2.75, 3.05) is 26.4 Å². The van der Waals surface area contributed by atoms with E-state index in [1.807, 2.05) is 26.8 Å². The van der Waals surface area contributed by atoms with Crippen molar-refractivity contribution in [3.05, 3.63) is 24.3 Å². The van der Waals surface area contributed by atoms with Crippen molar-refractivity contribution in [3.8, 4) is 0 Å². The molecule has 0 heterocycles. The van der Waals surface area contributed by atoms with Crippen LogP contribution < -0.4 is 0 Å². The second-order valence-corrected chi connectivity index (χ2v) is 4.07. The molecule has 0 fully saturated rings. The highest BCUT2D eigenvalue weighted by Crippen LogP contribution is 2.10. The van der Waals surface area contributed by atoms with Crippen LogP contribution in [0.1, 0.15) is 34.1 Å². The summed E-state index contributed by atoms with van der Waals surface area (Å²) < 4.78 is 21.4. The molecule has 0 N–H and O–H groups in total. The van der Waals surface area contributed by atoms with Crippen LogP contribution in [0.25, 0.3) is 0 Å². The standard InChI is InChI=1S/C16H28O5/c1-5-18-14(13-16(20-7-3)21-8-4)11-9-10-12-15(17)19-6-2/h9-12,14,16H,5-8,13H2,1-4H3. The third kappa shape index (κ3) is 11.2.